The smallest absolute Gasteiger partial charge is 0.251 e. The van der Waals surface area contributed by atoms with Crippen molar-refractivity contribution in [2.75, 3.05) is 13.1 Å². The molecule has 0 saturated carbocycles. The van der Waals surface area contributed by atoms with Crippen LogP contribution in [0.1, 0.15) is 23.2 Å². The van der Waals surface area contributed by atoms with Gasteiger partial charge in [-0.25, -0.2) is 9.67 Å². The minimum atomic E-state index is -0.0411. The molecule has 3 rings (SSSR count). The quantitative estimate of drug-likeness (QED) is 0.864. The highest BCUT2D eigenvalue weighted by atomic mass is 16.1. The maximum absolute atomic E-state index is 12.3. The lowest BCUT2D eigenvalue weighted by molar-refractivity contribution is 0.0930. The van der Waals surface area contributed by atoms with Gasteiger partial charge in [-0.05, 0) is 37.6 Å². The third-order valence-electron chi connectivity index (χ3n) is 3.42. The van der Waals surface area contributed by atoms with Crippen LogP contribution in [0, 0.1) is 0 Å². The van der Waals surface area contributed by atoms with E-state index < -0.39 is 0 Å². The van der Waals surface area contributed by atoms with Gasteiger partial charge in [-0.15, -0.1) is 0 Å². The molecule has 0 bridgehead atoms. The number of carbonyl (C=O) groups excluding carboxylic acids is 1. The molecule has 1 aliphatic heterocycles. The Hall–Kier alpha value is -2.21. The first kappa shape index (κ1) is 12.8. The van der Waals surface area contributed by atoms with Crippen LogP contribution >= 0.6 is 0 Å². The van der Waals surface area contributed by atoms with E-state index in [0.29, 0.717) is 5.56 Å². The zero-order valence-electron chi connectivity index (χ0n) is 11.1. The molecule has 104 valence electrons. The molecule has 1 fully saturated rings. The topological polar surface area (TPSA) is 71.8 Å². The molecular formula is C14H17N5O. The highest BCUT2D eigenvalue weighted by Crippen LogP contribution is 2.10. The number of nitrogens with zero attached hydrogens (tertiary/aromatic N) is 3. The number of hydrogen-bond acceptors (Lipinski definition) is 4. The standard InChI is InChI=1S/C14H17N5O/c20-14(18-12-4-2-6-15-8-12)11-3-1-5-13(7-11)19-10-16-9-17-19/h1,3,5,7,9-10,12,15H,2,4,6,8H2,(H,18,20)/t12-/m0/s1. The van der Waals surface area contributed by atoms with Crippen molar-refractivity contribution in [2.24, 2.45) is 0 Å². The Morgan fingerprint density at radius 2 is 2.40 bits per heavy atom. The van der Waals surface area contributed by atoms with Crippen LogP contribution in [0.25, 0.3) is 5.69 Å². The van der Waals surface area contributed by atoms with Crippen molar-refractivity contribution in [1.29, 1.82) is 0 Å². The summed E-state index contributed by atoms with van der Waals surface area (Å²) in [6.45, 7) is 1.88. The zero-order chi connectivity index (χ0) is 13.8. The first-order valence-corrected chi connectivity index (χ1v) is 6.79. The van der Waals surface area contributed by atoms with E-state index in [1.807, 2.05) is 24.3 Å². The summed E-state index contributed by atoms with van der Waals surface area (Å²) in [5.41, 5.74) is 1.47. The van der Waals surface area contributed by atoms with E-state index in [2.05, 4.69) is 20.7 Å². The van der Waals surface area contributed by atoms with Gasteiger partial charge in [0.25, 0.3) is 5.91 Å². The maximum Gasteiger partial charge on any atom is 0.251 e. The third kappa shape index (κ3) is 2.85. The predicted octanol–water partition coefficient (Wildman–Crippen LogP) is 0.749. The second-order valence-corrected chi connectivity index (χ2v) is 4.91. The van der Waals surface area contributed by atoms with Crippen molar-refractivity contribution >= 4 is 5.91 Å². The number of benzene rings is 1. The normalized spacial score (nSPS) is 18.7. The zero-order valence-corrected chi connectivity index (χ0v) is 11.1. The van der Waals surface area contributed by atoms with Gasteiger partial charge in [0.2, 0.25) is 0 Å². The Bertz CT molecular complexity index is 575. The van der Waals surface area contributed by atoms with Crippen LogP contribution in [0.3, 0.4) is 0 Å². The second kappa shape index (κ2) is 5.83. The van der Waals surface area contributed by atoms with Crippen molar-refractivity contribution in [1.82, 2.24) is 25.4 Å². The fraction of sp³-hybridized carbons (Fsp3) is 0.357. The molecule has 0 radical (unpaired) electrons. The maximum atomic E-state index is 12.3. The highest BCUT2D eigenvalue weighted by molar-refractivity contribution is 5.94. The van der Waals surface area contributed by atoms with Crippen LogP contribution in [0.4, 0.5) is 0 Å². The summed E-state index contributed by atoms with van der Waals surface area (Å²) >= 11 is 0. The Kier molecular flexibility index (Phi) is 3.73. The van der Waals surface area contributed by atoms with E-state index in [-0.39, 0.29) is 11.9 Å². The predicted molar refractivity (Wildman–Crippen MR) is 74.7 cm³/mol. The van der Waals surface area contributed by atoms with Crippen molar-refractivity contribution in [2.45, 2.75) is 18.9 Å². The van der Waals surface area contributed by atoms with Gasteiger partial charge in [0, 0.05) is 18.2 Å². The molecule has 0 spiro atoms. The SMILES string of the molecule is O=C(N[C@H]1CCCNC1)c1cccc(-n2cncn2)c1. The summed E-state index contributed by atoms with van der Waals surface area (Å²) in [5, 5.41) is 10.4. The molecule has 6 heteroatoms. The molecule has 2 aromatic rings. The molecule has 1 atom stereocenters. The van der Waals surface area contributed by atoms with E-state index >= 15 is 0 Å². The summed E-state index contributed by atoms with van der Waals surface area (Å²) in [6.07, 6.45) is 5.22. The second-order valence-electron chi connectivity index (χ2n) is 4.91. The number of aromatic nitrogens is 3. The van der Waals surface area contributed by atoms with E-state index in [4.69, 9.17) is 0 Å². The molecule has 6 nitrogen and oxygen atoms in total. The molecule has 2 N–H and O–H groups in total. The Balaban J connectivity index is 1.73. The molecular weight excluding hydrogens is 254 g/mol. The first-order chi connectivity index (χ1) is 9.83. The van der Waals surface area contributed by atoms with Gasteiger partial charge in [-0.1, -0.05) is 6.07 Å². The summed E-state index contributed by atoms with van der Waals surface area (Å²) in [6, 6.07) is 7.59. The minimum Gasteiger partial charge on any atom is -0.348 e. The molecule has 1 amide bonds. The lowest BCUT2D eigenvalue weighted by atomic mass is 10.1. The Morgan fingerprint density at radius 1 is 1.45 bits per heavy atom. The molecule has 0 aliphatic carbocycles. The van der Waals surface area contributed by atoms with Crippen molar-refractivity contribution in [3.05, 3.63) is 42.5 Å². The molecule has 1 saturated heterocycles. The van der Waals surface area contributed by atoms with E-state index in [1.165, 1.54) is 6.33 Å². The number of rotatable bonds is 3. The van der Waals surface area contributed by atoms with E-state index in [9.17, 15) is 4.79 Å². The Labute approximate surface area is 117 Å². The number of hydrogen-bond donors (Lipinski definition) is 2. The van der Waals surface area contributed by atoms with Gasteiger partial charge >= 0.3 is 0 Å². The average molecular weight is 271 g/mol. The molecule has 20 heavy (non-hydrogen) atoms. The summed E-state index contributed by atoms with van der Waals surface area (Å²) in [7, 11) is 0. The molecule has 0 unspecified atom stereocenters. The van der Waals surface area contributed by atoms with Crippen LogP contribution in [0.15, 0.2) is 36.9 Å². The molecule has 1 aromatic heterocycles. The number of carbonyl (C=O) groups is 1. The molecule has 1 aromatic carbocycles. The first-order valence-electron chi connectivity index (χ1n) is 6.79. The number of amides is 1. The van der Waals surface area contributed by atoms with Crippen LogP contribution in [0.5, 0.6) is 0 Å². The van der Waals surface area contributed by atoms with Gasteiger partial charge in [0.15, 0.2) is 0 Å². The summed E-state index contributed by atoms with van der Waals surface area (Å²) in [5.74, 6) is -0.0411. The number of nitrogens with one attached hydrogen (secondary N) is 2. The van der Waals surface area contributed by atoms with E-state index in [1.54, 1.807) is 11.0 Å². The van der Waals surface area contributed by atoms with Crippen LogP contribution in [0.2, 0.25) is 0 Å². The Morgan fingerprint density at radius 3 is 3.15 bits per heavy atom. The average Bonchev–Trinajstić information content (AvgIpc) is 3.03. The lowest BCUT2D eigenvalue weighted by Crippen LogP contribution is -2.45. The highest BCUT2D eigenvalue weighted by Gasteiger charge is 2.16. The van der Waals surface area contributed by atoms with Gasteiger partial charge < -0.3 is 10.6 Å². The van der Waals surface area contributed by atoms with Crippen LogP contribution < -0.4 is 10.6 Å². The fourth-order valence-corrected chi connectivity index (χ4v) is 2.37. The molecule has 2 heterocycles. The van der Waals surface area contributed by atoms with E-state index in [0.717, 1.165) is 31.6 Å². The minimum absolute atomic E-state index is 0.0411. The van der Waals surface area contributed by atoms with Gasteiger partial charge in [0.1, 0.15) is 12.7 Å². The summed E-state index contributed by atoms with van der Waals surface area (Å²) < 4.78 is 1.64. The van der Waals surface area contributed by atoms with Crippen molar-refractivity contribution in [3.63, 3.8) is 0 Å². The van der Waals surface area contributed by atoms with Gasteiger partial charge in [-0.2, -0.15) is 5.10 Å². The number of piperidine rings is 1. The van der Waals surface area contributed by atoms with Crippen molar-refractivity contribution < 1.29 is 4.79 Å². The van der Waals surface area contributed by atoms with Crippen LogP contribution in [-0.2, 0) is 0 Å². The molecule has 1 aliphatic rings. The van der Waals surface area contributed by atoms with Gasteiger partial charge in [-0.3, -0.25) is 4.79 Å². The summed E-state index contributed by atoms with van der Waals surface area (Å²) in [4.78, 5) is 16.2. The van der Waals surface area contributed by atoms with Crippen LogP contribution in [-0.4, -0.2) is 39.8 Å². The largest absolute Gasteiger partial charge is 0.348 e. The fourth-order valence-electron chi connectivity index (χ4n) is 2.37. The lowest BCUT2D eigenvalue weighted by Gasteiger charge is -2.23. The third-order valence-corrected chi connectivity index (χ3v) is 3.42. The van der Waals surface area contributed by atoms with Gasteiger partial charge in [0.05, 0.1) is 5.69 Å². The van der Waals surface area contributed by atoms with Crippen molar-refractivity contribution in [3.8, 4) is 5.69 Å². The monoisotopic (exact) mass is 271 g/mol.